The average molecular weight is 382 g/mol. The van der Waals surface area contributed by atoms with Gasteiger partial charge in [-0.05, 0) is 42.8 Å². The summed E-state index contributed by atoms with van der Waals surface area (Å²) in [6, 6.07) is 21.6. The number of carbonyl (C=O) groups is 1. The molecule has 0 aliphatic carbocycles. The van der Waals surface area contributed by atoms with Crippen LogP contribution in [0.15, 0.2) is 72.8 Å². The van der Waals surface area contributed by atoms with Crippen LogP contribution in [0.2, 0.25) is 5.02 Å². The van der Waals surface area contributed by atoms with Crippen molar-refractivity contribution in [3.05, 3.63) is 88.9 Å². The molecular formula is C22H20ClNO3. The minimum absolute atomic E-state index is 0.0182. The second kappa shape index (κ2) is 8.60. The van der Waals surface area contributed by atoms with Crippen LogP contribution in [0.1, 0.15) is 22.8 Å². The molecule has 0 aliphatic heterocycles. The zero-order valence-electron chi connectivity index (χ0n) is 14.9. The first-order valence-corrected chi connectivity index (χ1v) is 8.99. The fourth-order valence-corrected chi connectivity index (χ4v) is 2.93. The molecule has 0 saturated carbocycles. The Bertz CT molecular complexity index is 928. The van der Waals surface area contributed by atoms with Crippen LogP contribution in [0.25, 0.3) is 0 Å². The molecule has 0 saturated heterocycles. The Balaban J connectivity index is 1.66. The molecule has 3 rings (SSSR count). The van der Waals surface area contributed by atoms with E-state index in [1.807, 2.05) is 31.2 Å². The van der Waals surface area contributed by atoms with Gasteiger partial charge in [-0.3, -0.25) is 4.79 Å². The van der Waals surface area contributed by atoms with E-state index >= 15 is 0 Å². The van der Waals surface area contributed by atoms with Crippen molar-refractivity contribution in [3.63, 3.8) is 0 Å². The molecule has 0 fully saturated rings. The summed E-state index contributed by atoms with van der Waals surface area (Å²) in [5.41, 5.74) is 1.89. The number of anilines is 1. The summed E-state index contributed by atoms with van der Waals surface area (Å²) in [5, 5.41) is 13.0. The summed E-state index contributed by atoms with van der Waals surface area (Å²) in [6.07, 6.45) is 0.767. The lowest BCUT2D eigenvalue weighted by atomic mass is 10.1. The average Bonchev–Trinajstić information content (AvgIpc) is 2.64. The van der Waals surface area contributed by atoms with Gasteiger partial charge in [-0.2, -0.15) is 0 Å². The van der Waals surface area contributed by atoms with Crippen LogP contribution in [-0.4, -0.2) is 17.1 Å². The Morgan fingerprint density at radius 2 is 1.85 bits per heavy atom. The van der Waals surface area contributed by atoms with Crippen LogP contribution in [0.4, 0.5) is 5.69 Å². The van der Waals surface area contributed by atoms with E-state index in [1.165, 1.54) is 23.8 Å². The Labute approximate surface area is 163 Å². The van der Waals surface area contributed by atoms with Crippen LogP contribution < -0.4 is 10.1 Å². The summed E-state index contributed by atoms with van der Waals surface area (Å²) in [6.45, 7) is 2.00. The lowest BCUT2D eigenvalue weighted by Gasteiger charge is -2.16. The number of benzene rings is 3. The Kier molecular flexibility index (Phi) is 5.99. The second-order valence-electron chi connectivity index (χ2n) is 6.26. The SMILES string of the molecule is C[C@@H](Cc1ccccc1)Oc1cccc(NC(=O)c2cc(Cl)ccc2O)c1. The molecule has 27 heavy (non-hydrogen) atoms. The molecule has 0 spiro atoms. The highest BCUT2D eigenvalue weighted by Gasteiger charge is 2.13. The van der Waals surface area contributed by atoms with Crippen molar-refractivity contribution in [1.82, 2.24) is 0 Å². The van der Waals surface area contributed by atoms with E-state index in [0.717, 1.165) is 6.42 Å². The van der Waals surface area contributed by atoms with E-state index in [-0.39, 0.29) is 17.4 Å². The topological polar surface area (TPSA) is 58.6 Å². The molecule has 1 amide bonds. The number of phenols is 1. The van der Waals surface area contributed by atoms with Crippen molar-refractivity contribution in [2.45, 2.75) is 19.4 Å². The first kappa shape index (κ1) is 18.8. The molecule has 0 unspecified atom stereocenters. The van der Waals surface area contributed by atoms with Gasteiger partial charge in [0.1, 0.15) is 11.5 Å². The number of rotatable bonds is 6. The zero-order chi connectivity index (χ0) is 19.2. The number of hydrogen-bond donors (Lipinski definition) is 2. The van der Waals surface area contributed by atoms with E-state index in [2.05, 4.69) is 17.4 Å². The number of ether oxygens (including phenoxy) is 1. The predicted octanol–water partition coefficient (Wildman–Crippen LogP) is 5.31. The lowest BCUT2D eigenvalue weighted by molar-refractivity contribution is 0.102. The minimum atomic E-state index is -0.440. The third-order valence-corrected chi connectivity index (χ3v) is 4.23. The Hall–Kier alpha value is -2.98. The summed E-state index contributed by atoms with van der Waals surface area (Å²) < 4.78 is 5.97. The highest BCUT2D eigenvalue weighted by atomic mass is 35.5. The molecule has 138 valence electrons. The number of phenolic OH excluding ortho intramolecular Hbond substituents is 1. The van der Waals surface area contributed by atoms with Crippen LogP contribution in [0.3, 0.4) is 0 Å². The van der Waals surface area contributed by atoms with E-state index in [1.54, 1.807) is 18.2 Å². The van der Waals surface area contributed by atoms with E-state index in [4.69, 9.17) is 16.3 Å². The first-order chi connectivity index (χ1) is 13.0. The van der Waals surface area contributed by atoms with E-state index < -0.39 is 5.91 Å². The molecule has 4 nitrogen and oxygen atoms in total. The third kappa shape index (κ3) is 5.25. The molecule has 5 heteroatoms. The first-order valence-electron chi connectivity index (χ1n) is 8.62. The van der Waals surface area contributed by atoms with Crippen molar-refractivity contribution in [1.29, 1.82) is 0 Å². The molecule has 1 atom stereocenters. The summed E-state index contributed by atoms with van der Waals surface area (Å²) in [5.74, 6) is 0.0943. The van der Waals surface area contributed by atoms with Gasteiger partial charge in [0, 0.05) is 23.2 Å². The number of nitrogens with one attached hydrogen (secondary N) is 1. The number of hydrogen-bond acceptors (Lipinski definition) is 3. The molecule has 0 aliphatic rings. The predicted molar refractivity (Wildman–Crippen MR) is 108 cm³/mol. The van der Waals surface area contributed by atoms with Gasteiger partial charge >= 0.3 is 0 Å². The molecule has 3 aromatic carbocycles. The van der Waals surface area contributed by atoms with Crippen LogP contribution in [0, 0.1) is 0 Å². The standard InChI is InChI=1S/C22H20ClNO3/c1-15(12-16-6-3-2-4-7-16)27-19-9-5-8-18(14-19)24-22(26)20-13-17(23)10-11-21(20)25/h2-11,13-15,25H,12H2,1H3,(H,24,26)/t15-/m0/s1. The maximum absolute atomic E-state index is 12.4. The maximum atomic E-state index is 12.4. The highest BCUT2D eigenvalue weighted by Crippen LogP contribution is 2.24. The Morgan fingerprint density at radius 1 is 1.07 bits per heavy atom. The molecule has 0 heterocycles. The monoisotopic (exact) mass is 381 g/mol. The largest absolute Gasteiger partial charge is 0.507 e. The number of amides is 1. The van der Waals surface area contributed by atoms with Crippen molar-refractivity contribution < 1.29 is 14.6 Å². The highest BCUT2D eigenvalue weighted by molar-refractivity contribution is 6.31. The zero-order valence-corrected chi connectivity index (χ0v) is 15.6. The summed E-state index contributed by atoms with van der Waals surface area (Å²) in [4.78, 5) is 12.4. The molecular weight excluding hydrogens is 362 g/mol. The minimum Gasteiger partial charge on any atom is -0.507 e. The van der Waals surface area contributed by atoms with E-state index in [0.29, 0.717) is 16.5 Å². The van der Waals surface area contributed by atoms with Crippen LogP contribution in [0.5, 0.6) is 11.5 Å². The summed E-state index contributed by atoms with van der Waals surface area (Å²) >= 11 is 5.90. The van der Waals surface area contributed by atoms with Gasteiger partial charge < -0.3 is 15.2 Å². The lowest BCUT2D eigenvalue weighted by Crippen LogP contribution is -2.15. The van der Waals surface area contributed by atoms with Gasteiger partial charge in [-0.1, -0.05) is 48.0 Å². The smallest absolute Gasteiger partial charge is 0.259 e. The van der Waals surface area contributed by atoms with Crippen molar-refractivity contribution in [2.24, 2.45) is 0 Å². The van der Waals surface area contributed by atoms with Crippen LogP contribution >= 0.6 is 11.6 Å². The number of halogens is 1. The van der Waals surface area contributed by atoms with Crippen molar-refractivity contribution in [3.8, 4) is 11.5 Å². The Morgan fingerprint density at radius 3 is 2.63 bits per heavy atom. The van der Waals surface area contributed by atoms with Crippen LogP contribution in [-0.2, 0) is 6.42 Å². The fraction of sp³-hybridized carbons (Fsp3) is 0.136. The van der Waals surface area contributed by atoms with Gasteiger partial charge in [-0.25, -0.2) is 0 Å². The van der Waals surface area contributed by atoms with Gasteiger partial charge in [-0.15, -0.1) is 0 Å². The maximum Gasteiger partial charge on any atom is 0.259 e. The van der Waals surface area contributed by atoms with Gasteiger partial charge in [0.05, 0.1) is 11.7 Å². The summed E-state index contributed by atoms with van der Waals surface area (Å²) in [7, 11) is 0. The van der Waals surface area contributed by atoms with Gasteiger partial charge in [0.2, 0.25) is 0 Å². The van der Waals surface area contributed by atoms with E-state index in [9.17, 15) is 9.90 Å². The van der Waals surface area contributed by atoms with Gasteiger partial charge in [0.15, 0.2) is 0 Å². The number of carbonyl (C=O) groups excluding carboxylic acids is 1. The third-order valence-electron chi connectivity index (χ3n) is 4.00. The van der Waals surface area contributed by atoms with Crippen molar-refractivity contribution in [2.75, 3.05) is 5.32 Å². The molecule has 0 bridgehead atoms. The normalized spacial score (nSPS) is 11.6. The van der Waals surface area contributed by atoms with Crippen molar-refractivity contribution >= 4 is 23.2 Å². The molecule has 0 aromatic heterocycles. The molecule has 0 radical (unpaired) electrons. The fourth-order valence-electron chi connectivity index (χ4n) is 2.76. The number of aromatic hydroxyl groups is 1. The molecule has 2 N–H and O–H groups in total. The van der Waals surface area contributed by atoms with Gasteiger partial charge in [0.25, 0.3) is 5.91 Å². The quantitative estimate of drug-likeness (QED) is 0.608. The second-order valence-corrected chi connectivity index (χ2v) is 6.70. The molecule has 3 aromatic rings.